The largest absolute Gasteiger partial charge is 0.390 e. The van der Waals surface area contributed by atoms with Crippen molar-refractivity contribution >= 4 is 5.78 Å². The number of ketones is 1. The third-order valence-corrected chi connectivity index (χ3v) is 4.19. The fraction of sp³-hybridized carbons (Fsp3) is 0.909. The first-order valence-corrected chi connectivity index (χ1v) is 5.40. The van der Waals surface area contributed by atoms with Crippen LogP contribution in [0.3, 0.4) is 0 Å². The number of carbonyl (C=O) groups is 1. The zero-order valence-electron chi connectivity index (χ0n) is 7.83. The molecule has 4 fully saturated rings. The van der Waals surface area contributed by atoms with Crippen LogP contribution in [-0.4, -0.2) is 16.5 Å². The van der Waals surface area contributed by atoms with E-state index in [1.165, 1.54) is 6.42 Å². The predicted octanol–water partition coefficient (Wildman–Crippen LogP) is 1.52. The number of hydrogen-bond donors (Lipinski definition) is 1. The molecule has 2 heteroatoms. The Bertz CT molecular complexity index is 261. The molecule has 0 unspecified atom stereocenters. The van der Waals surface area contributed by atoms with Gasteiger partial charge in [-0.15, -0.1) is 0 Å². The number of fused-ring (bicyclic) bond motifs is 1. The van der Waals surface area contributed by atoms with Crippen molar-refractivity contribution < 1.29 is 9.90 Å². The molecule has 0 aliphatic heterocycles. The molecule has 4 rings (SSSR count). The molecule has 72 valence electrons. The van der Waals surface area contributed by atoms with E-state index in [0.717, 1.165) is 32.1 Å². The van der Waals surface area contributed by atoms with Gasteiger partial charge >= 0.3 is 0 Å². The van der Waals surface area contributed by atoms with E-state index in [1.54, 1.807) is 0 Å². The second-order valence-corrected chi connectivity index (χ2v) is 5.41. The van der Waals surface area contributed by atoms with Gasteiger partial charge in [0.1, 0.15) is 5.78 Å². The highest BCUT2D eigenvalue weighted by Gasteiger charge is 2.50. The van der Waals surface area contributed by atoms with Crippen LogP contribution in [0.1, 0.15) is 38.5 Å². The minimum absolute atomic E-state index is 0.205. The van der Waals surface area contributed by atoms with E-state index in [-0.39, 0.29) is 5.92 Å². The quantitative estimate of drug-likeness (QED) is 0.613. The summed E-state index contributed by atoms with van der Waals surface area (Å²) in [6.45, 7) is 0. The third-order valence-electron chi connectivity index (χ3n) is 4.19. The summed E-state index contributed by atoms with van der Waals surface area (Å²) in [5.41, 5.74) is -0.456. The normalized spacial score (nSPS) is 53.9. The standard InChI is InChI=1S/C11H16O2/c12-10-3-8-1-7-2-9(10)6-11(13,4-7)5-8/h7-9,13H,1-6H2/t7-,8+,9+,11-/m1/s1. The molecule has 0 spiro atoms. The Morgan fingerprint density at radius 3 is 2.69 bits per heavy atom. The van der Waals surface area contributed by atoms with Gasteiger partial charge in [0.05, 0.1) is 5.60 Å². The van der Waals surface area contributed by atoms with Crippen LogP contribution in [0.4, 0.5) is 0 Å². The van der Waals surface area contributed by atoms with E-state index < -0.39 is 5.60 Å². The smallest absolute Gasteiger partial charge is 0.136 e. The maximum atomic E-state index is 11.7. The summed E-state index contributed by atoms with van der Waals surface area (Å²) in [7, 11) is 0. The van der Waals surface area contributed by atoms with Crippen molar-refractivity contribution in [2.45, 2.75) is 44.1 Å². The Labute approximate surface area is 78.3 Å². The Kier molecular flexibility index (Phi) is 1.44. The Morgan fingerprint density at radius 1 is 1.15 bits per heavy atom. The van der Waals surface area contributed by atoms with E-state index in [2.05, 4.69) is 0 Å². The van der Waals surface area contributed by atoms with Gasteiger partial charge in [0.15, 0.2) is 0 Å². The van der Waals surface area contributed by atoms with Gasteiger partial charge in [-0.25, -0.2) is 0 Å². The van der Waals surface area contributed by atoms with E-state index in [1.807, 2.05) is 0 Å². The molecule has 4 aliphatic carbocycles. The van der Waals surface area contributed by atoms with E-state index >= 15 is 0 Å². The first-order valence-electron chi connectivity index (χ1n) is 5.40. The molecular weight excluding hydrogens is 164 g/mol. The zero-order chi connectivity index (χ0) is 9.05. The lowest BCUT2D eigenvalue weighted by atomic mass is 9.65. The average Bonchev–Trinajstić information content (AvgIpc) is 2.12. The Morgan fingerprint density at radius 2 is 1.92 bits per heavy atom. The summed E-state index contributed by atoms with van der Waals surface area (Å²) in [6.07, 6.45) is 5.64. The molecule has 13 heavy (non-hydrogen) atoms. The minimum atomic E-state index is -0.456. The summed E-state index contributed by atoms with van der Waals surface area (Å²) in [4.78, 5) is 11.7. The molecule has 0 aromatic heterocycles. The maximum absolute atomic E-state index is 11.7. The van der Waals surface area contributed by atoms with Crippen LogP contribution < -0.4 is 0 Å². The van der Waals surface area contributed by atoms with Gasteiger partial charge in [0, 0.05) is 12.3 Å². The van der Waals surface area contributed by atoms with Gasteiger partial charge in [0.2, 0.25) is 0 Å². The predicted molar refractivity (Wildman–Crippen MR) is 48.1 cm³/mol. The maximum Gasteiger partial charge on any atom is 0.136 e. The van der Waals surface area contributed by atoms with E-state index in [4.69, 9.17) is 0 Å². The molecule has 1 N–H and O–H groups in total. The third kappa shape index (κ3) is 1.15. The molecule has 4 aliphatic rings. The molecule has 2 nitrogen and oxygen atoms in total. The van der Waals surface area contributed by atoms with Crippen LogP contribution in [0.5, 0.6) is 0 Å². The summed E-state index contributed by atoms with van der Waals surface area (Å²) in [5, 5.41) is 10.2. The van der Waals surface area contributed by atoms with Gasteiger partial charge in [-0.05, 0) is 43.9 Å². The minimum Gasteiger partial charge on any atom is -0.390 e. The Balaban J connectivity index is 2.00. The lowest BCUT2D eigenvalue weighted by molar-refractivity contribution is -0.126. The summed E-state index contributed by atoms with van der Waals surface area (Å²) >= 11 is 0. The molecule has 0 saturated heterocycles. The van der Waals surface area contributed by atoms with E-state index in [0.29, 0.717) is 17.6 Å². The lowest BCUT2D eigenvalue weighted by Crippen LogP contribution is -2.43. The molecular formula is C11H16O2. The van der Waals surface area contributed by atoms with Crippen molar-refractivity contribution in [2.24, 2.45) is 17.8 Å². The molecule has 4 saturated carbocycles. The fourth-order valence-electron chi connectivity index (χ4n) is 3.94. The van der Waals surface area contributed by atoms with Crippen molar-refractivity contribution in [3.8, 4) is 0 Å². The molecule has 4 atom stereocenters. The van der Waals surface area contributed by atoms with Crippen LogP contribution in [0, 0.1) is 17.8 Å². The molecule has 0 amide bonds. The first kappa shape index (κ1) is 7.98. The molecule has 0 aromatic rings. The van der Waals surface area contributed by atoms with Gasteiger partial charge in [-0.3, -0.25) is 4.79 Å². The van der Waals surface area contributed by atoms with Gasteiger partial charge in [-0.2, -0.15) is 0 Å². The number of carbonyl (C=O) groups excluding carboxylic acids is 1. The SMILES string of the molecule is O=C1C[C@@H]2C[C@@H]3C[C@H]1C[C@](O)(C2)C3. The lowest BCUT2D eigenvalue weighted by Gasteiger charge is -2.44. The van der Waals surface area contributed by atoms with E-state index in [9.17, 15) is 9.90 Å². The molecule has 4 bridgehead atoms. The van der Waals surface area contributed by atoms with Crippen molar-refractivity contribution in [3.05, 3.63) is 0 Å². The second-order valence-electron chi connectivity index (χ2n) is 5.41. The number of hydrogen-bond acceptors (Lipinski definition) is 2. The summed E-state index contributed by atoms with van der Waals surface area (Å²) in [5.74, 6) is 1.79. The number of Topliss-reactive ketones (excluding diaryl/α,β-unsaturated/α-hetero) is 1. The van der Waals surface area contributed by atoms with Gasteiger partial charge < -0.3 is 5.11 Å². The van der Waals surface area contributed by atoms with Gasteiger partial charge in [0.25, 0.3) is 0 Å². The van der Waals surface area contributed by atoms with Crippen LogP contribution in [0.2, 0.25) is 0 Å². The van der Waals surface area contributed by atoms with Crippen molar-refractivity contribution in [3.63, 3.8) is 0 Å². The second kappa shape index (κ2) is 2.35. The highest BCUT2D eigenvalue weighted by molar-refractivity contribution is 5.82. The van der Waals surface area contributed by atoms with Crippen LogP contribution in [-0.2, 0) is 4.79 Å². The zero-order valence-corrected chi connectivity index (χ0v) is 7.83. The number of rotatable bonds is 0. The number of aliphatic hydroxyl groups is 1. The van der Waals surface area contributed by atoms with Crippen LogP contribution in [0.15, 0.2) is 0 Å². The molecule has 0 heterocycles. The first-order chi connectivity index (χ1) is 6.15. The average molecular weight is 180 g/mol. The van der Waals surface area contributed by atoms with Crippen LogP contribution >= 0.6 is 0 Å². The Hall–Kier alpha value is -0.370. The molecule has 0 aromatic carbocycles. The van der Waals surface area contributed by atoms with Crippen LogP contribution in [0.25, 0.3) is 0 Å². The highest BCUT2D eigenvalue weighted by Crippen LogP contribution is 2.51. The highest BCUT2D eigenvalue weighted by atomic mass is 16.3. The van der Waals surface area contributed by atoms with Crippen molar-refractivity contribution in [2.75, 3.05) is 0 Å². The topological polar surface area (TPSA) is 37.3 Å². The van der Waals surface area contributed by atoms with Gasteiger partial charge in [-0.1, -0.05) is 0 Å². The fourth-order valence-corrected chi connectivity index (χ4v) is 3.94. The van der Waals surface area contributed by atoms with Crippen molar-refractivity contribution in [1.29, 1.82) is 0 Å². The van der Waals surface area contributed by atoms with Crippen molar-refractivity contribution in [1.82, 2.24) is 0 Å². The monoisotopic (exact) mass is 180 g/mol. The summed E-state index contributed by atoms with van der Waals surface area (Å²) < 4.78 is 0. The molecule has 0 radical (unpaired) electrons. The summed E-state index contributed by atoms with van der Waals surface area (Å²) in [6, 6.07) is 0.